The van der Waals surface area contributed by atoms with Gasteiger partial charge >= 0.3 is 5.69 Å². The van der Waals surface area contributed by atoms with Gasteiger partial charge in [-0.25, -0.2) is 9.78 Å². The minimum Gasteiger partial charge on any atom is -0.276 e. The second kappa shape index (κ2) is 5.30. The summed E-state index contributed by atoms with van der Waals surface area (Å²) in [6.45, 7) is 4.43. The lowest BCUT2D eigenvalue weighted by molar-refractivity contribution is 0.723. The molecule has 0 fully saturated rings. The van der Waals surface area contributed by atoms with Crippen LogP contribution in [0.25, 0.3) is 22.3 Å². The molecule has 0 aliphatic carbocycles. The van der Waals surface area contributed by atoms with Crippen LogP contribution >= 0.6 is 11.6 Å². The third-order valence-corrected chi connectivity index (χ3v) is 3.72. The maximum Gasteiger partial charge on any atom is 0.349 e. The van der Waals surface area contributed by atoms with Crippen LogP contribution in [0.2, 0.25) is 5.02 Å². The molecular formula is C16H14ClN3O. The molecule has 0 aliphatic rings. The summed E-state index contributed by atoms with van der Waals surface area (Å²) >= 11 is 6.06. The number of rotatable bonds is 2. The van der Waals surface area contributed by atoms with E-state index in [1.165, 1.54) is 0 Å². The van der Waals surface area contributed by atoms with E-state index in [0.29, 0.717) is 22.9 Å². The third-order valence-electron chi connectivity index (χ3n) is 3.48. The normalized spacial score (nSPS) is 11.0. The van der Waals surface area contributed by atoms with E-state index >= 15 is 0 Å². The molecule has 5 heteroatoms. The molecule has 0 saturated heterocycles. The van der Waals surface area contributed by atoms with Gasteiger partial charge in [0, 0.05) is 28.7 Å². The summed E-state index contributed by atoms with van der Waals surface area (Å²) in [6, 6.07) is 9.28. The predicted molar refractivity (Wildman–Crippen MR) is 84.7 cm³/mol. The van der Waals surface area contributed by atoms with E-state index in [0.717, 1.165) is 16.5 Å². The van der Waals surface area contributed by atoms with Gasteiger partial charge in [-0.1, -0.05) is 23.7 Å². The highest BCUT2D eigenvalue weighted by molar-refractivity contribution is 6.30. The second-order valence-corrected chi connectivity index (χ2v) is 5.26. The monoisotopic (exact) mass is 299 g/mol. The Kier molecular flexibility index (Phi) is 3.47. The van der Waals surface area contributed by atoms with Crippen molar-refractivity contribution in [3.8, 4) is 11.3 Å². The minimum atomic E-state index is -0.293. The Labute approximate surface area is 127 Å². The molecule has 0 saturated carbocycles. The van der Waals surface area contributed by atoms with E-state index in [2.05, 4.69) is 9.97 Å². The molecule has 2 heterocycles. The van der Waals surface area contributed by atoms with Crippen LogP contribution in [0.1, 0.15) is 12.5 Å². The molecule has 0 radical (unpaired) electrons. The largest absolute Gasteiger partial charge is 0.349 e. The van der Waals surface area contributed by atoms with Crippen LogP contribution in [0.3, 0.4) is 0 Å². The number of benzene rings is 1. The summed E-state index contributed by atoms with van der Waals surface area (Å²) in [5, 5.41) is 1.50. The maximum atomic E-state index is 12.2. The highest BCUT2D eigenvalue weighted by Crippen LogP contribution is 2.28. The van der Waals surface area contributed by atoms with Gasteiger partial charge in [0.25, 0.3) is 0 Å². The lowest BCUT2D eigenvalue weighted by atomic mass is 10.0. The fourth-order valence-corrected chi connectivity index (χ4v) is 2.66. The van der Waals surface area contributed by atoms with Gasteiger partial charge < -0.3 is 0 Å². The summed E-state index contributed by atoms with van der Waals surface area (Å²) in [7, 11) is 0. The lowest BCUT2D eigenvalue weighted by Crippen LogP contribution is -2.24. The van der Waals surface area contributed by atoms with E-state index in [1.54, 1.807) is 16.8 Å². The summed E-state index contributed by atoms with van der Waals surface area (Å²) in [5.41, 5.74) is 2.85. The van der Waals surface area contributed by atoms with E-state index in [4.69, 9.17) is 11.6 Å². The molecule has 2 aromatic heterocycles. The zero-order chi connectivity index (χ0) is 15.0. The average Bonchev–Trinajstić information content (AvgIpc) is 2.46. The van der Waals surface area contributed by atoms with Crippen molar-refractivity contribution in [1.29, 1.82) is 0 Å². The number of aromatic nitrogens is 3. The first-order valence-electron chi connectivity index (χ1n) is 6.74. The standard InChI is InChI=1S/C16H14ClN3O/c1-3-20-15-13(10(2)7-8-18-15)14(19-16(20)21)11-5-4-6-12(17)9-11/h4-9H,3H2,1-2H3. The number of halogens is 1. The molecule has 0 bridgehead atoms. The fourth-order valence-electron chi connectivity index (χ4n) is 2.47. The zero-order valence-electron chi connectivity index (χ0n) is 11.8. The van der Waals surface area contributed by atoms with Crippen LogP contribution in [0.4, 0.5) is 0 Å². The predicted octanol–water partition coefficient (Wildman–Crippen LogP) is 3.44. The van der Waals surface area contributed by atoms with Crippen molar-refractivity contribution in [3.63, 3.8) is 0 Å². The first kappa shape index (κ1) is 13.8. The molecule has 0 unspecified atom stereocenters. The van der Waals surface area contributed by atoms with Crippen LogP contribution in [0.15, 0.2) is 41.3 Å². The molecule has 0 aliphatic heterocycles. The topological polar surface area (TPSA) is 47.8 Å². The van der Waals surface area contributed by atoms with Crippen LogP contribution in [0.5, 0.6) is 0 Å². The molecular weight excluding hydrogens is 286 g/mol. The Morgan fingerprint density at radius 1 is 1.29 bits per heavy atom. The van der Waals surface area contributed by atoms with Crippen molar-refractivity contribution in [2.45, 2.75) is 20.4 Å². The van der Waals surface area contributed by atoms with Crippen molar-refractivity contribution >= 4 is 22.6 Å². The van der Waals surface area contributed by atoms with E-state index in [9.17, 15) is 4.79 Å². The van der Waals surface area contributed by atoms with Crippen LogP contribution in [-0.4, -0.2) is 14.5 Å². The van der Waals surface area contributed by atoms with E-state index in [-0.39, 0.29) is 5.69 Å². The summed E-state index contributed by atoms with van der Waals surface area (Å²) in [5.74, 6) is 0. The number of hydrogen-bond donors (Lipinski definition) is 0. The fraction of sp³-hybridized carbons (Fsp3) is 0.188. The molecule has 0 spiro atoms. The average molecular weight is 300 g/mol. The Morgan fingerprint density at radius 3 is 2.81 bits per heavy atom. The molecule has 0 N–H and O–H groups in total. The minimum absolute atomic E-state index is 0.293. The molecule has 3 aromatic rings. The molecule has 21 heavy (non-hydrogen) atoms. The van der Waals surface area contributed by atoms with Gasteiger partial charge in [0.2, 0.25) is 0 Å². The Bertz CT molecular complexity index is 886. The summed E-state index contributed by atoms with van der Waals surface area (Å²) < 4.78 is 1.58. The zero-order valence-corrected chi connectivity index (χ0v) is 12.6. The van der Waals surface area contributed by atoms with Crippen molar-refractivity contribution in [1.82, 2.24) is 14.5 Å². The van der Waals surface area contributed by atoms with Gasteiger partial charge in [0.1, 0.15) is 5.65 Å². The molecule has 0 atom stereocenters. The Balaban J connectivity index is 2.46. The molecule has 1 aromatic carbocycles. The van der Waals surface area contributed by atoms with E-state index < -0.39 is 0 Å². The Hall–Kier alpha value is -2.20. The van der Waals surface area contributed by atoms with Crippen LogP contribution < -0.4 is 5.69 Å². The van der Waals surface area contributed by atoms with Gasteiger partial charge in [0.05, 0.1) is 5.69 Å². The van der Waals surface area contributed by atoms with Gasteiger partial charge in [0.15, 0.2) is 0 Å². The molecule has 0 amide bonds. The van der Waals surface area contributed by atoms with Crippen LogP contribution in [-0.2, 0) is 6.54 Å². The lowest BCUT2D eigenvalue weighted by Gasteiger charge is -2.12. The Morgan fingerprint density at radius 2 is 2.10 bits per heavy atom. The van der Waals surface area contributed by atoms with Crippen LogP contribution in [0, 0.1) is 6.92 Å². The quantitative estimate of drug-likeness (QED) is 0.728. The van der Waals surface area contributed by atoms with Crippen molar-refractivity contribution < 1.29 is 0 Å². The van der Waals surface area contributed by atoms with Gasteiger partial charge in [-0.05, 0) is 37.6 Å². The highest BCUT2D eigenvalue weighted by Gasteiger charge is 2.14. The SMILES string of the molecule is CCn1c(=O)nc(-c2cccc(Cl)c2)c2c(C)ccnc21. The molecule has 3 rings (SSSR count). The molecule has 106 valence electrons. The number of nitrogens with zero attached hydrogens (tertiary/aromatic N) is 3. The number of pyridine rings is 1. The third kappa shape index (κ3) is 2.32. The van der Waals surface area contributed by atoms with Crippen molar-refractivity contribution in [2.24, 2.45) is 0 Å². The first-order chi connectivity index (χ1) is 10.1. The second-order valence-electron chi connectivity index (χ2n) is 4.82. The summed E-state index contributed by atoms with van der Waals surface area (Å²) in [6.07, 6.45) is 1.71. The smallest absolute Gasteiger partial charge is 0.276 e. The molecule has 4 nitrogen and oxygen atoms in total. The number of fused-ring (bicyclic) bond motifs is 1. The maximum absolute atomic E-state index is 12.2. The number of hydrogen-bond acceptors (Lipinski definition) is 3. The summed E-state index contributed by atoms with van der Waals surface area (Å²) in [4.78, 5) is 20.9. The van der Waals surface area contributed by atoms with Crippen molar-refractivity contribution in [2.75, 3.05) is 0 Å². The van der Waals surface area contributed by atoms with E-state index in [1.807, 2.05) is 38.1 Å². The van der Waals surface area contributed by atoms with Gasteiger partial charge in [-0.15, -0.1) is 0 Å². The van der Waals surface area contributed by atoms with Gasteiger partial charge in [-0.3, -0.25) is 4.57 Å². The first-order valence-corrected chi connectivity index (χ1v) is 7.11. The number of aryl methyl sites for hydroxylation is 2. The van der Waals surface area contributed by atoms with Crippen molar-refractivity contribution in [3.05, 3.63) is 57.6 Å². The highest BCUT2D eigenvalue weighted by atomic mass is 35.5. The van der Waals surface area contributed by atoms with Gasteiger partial charge in [-0.2, -0.15) is 4.98 Å².